The van der Waals surface area contributed by atoms with Gasteiger partial charge in [-0.05, 0) is 97.2 Å². The lowest BCUT2D eigenvalue weighted by Gasteiger charge is -2.40. The molecule has 59 heavy (non-hydrogen) atoms. The fourth-order valence-electron chi connectivity index (χ4n) is 9.24. The fraction of sp³-hybridized carbons (Fsp3) is 0.0185. The third-order valence-corrected chi connectivity index (χ3v) is 14.0. The van der Waals surface area contributed by atoms with E-state index < -0.39 is 5.41 Å². The van der Waals surface area contributed by atoms with Crippen molar-refractivity contribution in [2.45, 2.75) is 15.2 Å². The second-order valence-corrected chi connectivity index (χ2v) is 17.1. The van der Waals surface area contributed by atoms with Gasteiger partial charge in [0.15, 0.2) is 17.5 Å². The van der Waals surface area contributed by atoms with E-state index in [0.29, 0.717) is 17.5 Å². The third-order valence-electron chi connectivity index (χ3n) is 11.9. The van der Waals surface area contributed by atoms with Gasteiger partial charge in [-0.3, -0.25) is 0 Å². The summed E-state index contributed by atoms with van der Waals surface area (Å²) < 4.78 is 1.36. The first-order chi connectivity index (χ1) is 29.2. The zero-order valence-corrected chi connectivity index (χ0v) is 33.3. The molecule has 12 rings (SSSR count). The quantitative estimate of drug-likeness (QED) is 0.174. The van der Waals surface area contributed by atoms with Crippen LogP contribution in [0, 0.1) is 0 Å². The van der Waals surface area contributed by atoms with Crippen molar-refractivity contribution < 1.29 is 0 Å². The molecule has 2 aliphatic rings. The normalized spacial score (nSPS) is 14.8. The van der Waals surface area contributed by atoms with Gasteiger partial charge in [-0.2, -0.15) is 0 Å². The van der Waals surface area contributed by atoms with Crippen LogP contribution < -0.4 is 0 Å². The predicted octanol–water partition coefficient (Wildman–Crippen LogP) is 14.2. The monoisotopic (exact) mass is 787 g/mol. The fourth-order valence-corrected chi connectivity index (χ4v) is 11.4. The highest BCUT2D eigenvalue weighted by atomic mass is 32.2. The molecule has 8 aromatic carbocycles. The van der Waals surface area contributed by atoms with Crippen LogP contribution in [0.2, 0.25) is 0 Å². The summed E-state index contributed by atoms with van der Waals surface area (Å²) >= 11 is 3.73. The molecular weight excluding hydrogens is 755 g/mol. The van der Waals surface area contributed by atoms with Gasteiger partial charge in [0.1, 0.15) is 0 Å². The Morgan fingerprint density at radius 1 is 0.356 bits per heavy atom. The van der Waals surface area contributed by atoms with Crippen LogP contribution in [0.5, 0.6) is 0 Å². The van der Waals surface area contributed by atoms with E-state index >= 15 is 0 Å². The summed E-state index contributed by atoms with van der Waals surface area (Å²) in [5.74, 6) is 1.95. The average molecular weight is 788 g/mol. The predicted molar refractivity (Wildman–Crippen MR) is 244 cm³/mol. The van der Waals surface area contributed by atoms with Gasteiger partial charge in [0.2, 0.25) is 0 Å². The van der Waals surface area contributed by atoms with Crippen LogP contribution in [0.25, 0.3) is 77.6 Å². The summed E-state index contributed by atoms with van der Waals surface area (Å²) in [6.45, 7) is 0. The summed E-state index contributed by atoms with van der Waals surface area (Å²) in [5.41, 5.74) is 15.1. The summed E-state index contributed by atoms with van der Waals surface area (Å²) in [6, 6.07) is 70.0. The van der Waals surface area contributed by atoms with Gasteiger partial charge >= 0.3 is 0 Å². The molecule has 5 heteroatoms. The molecule has 276 valence electrons. The summed E-state index contributed by atoms with van der Waals surface area (Å²) in [5, 5.41) is 3.53. The Kier molecular flexibility index (Phi) is 7.87. The molecule has 2 aromatic heterocycles. The minimum atomic E-state index is -0.440. The standard InChI is InChI=1S/C54H33N3S2/c1-3-13-35(14-4-1)51-55-52(36-15-5-2-6-16-36)57-53(56-51)41-20-12-19-39(32-41)37-17-11-18-38(31-37)40-26-28-48-46(33-40)54(44-23-9-10-24-47(44)59-48)43-22-8-7-21-42(43)49-45(54)27-25-34-29-30-58-50(34)49/h1-33H. The molecule has 0 saturated heterocycles. The van der Waals surface area contributed by atoms with Crippen LogP contribution >= 0.6 is 23.1 Å². The van der Waals surface area contributed by atoms with Crippen molar-refractivity contribution in [3.63, 3.8) is 0 Å². The van der Waals surface area contributed by atoms with Crippen molar-refractivity contribution in [2.24, 2.45) is 0 Å². The molecule has 1 aliphatic carbocycles. The number of aromatic nitrogens is 3. The number of thiophene rings is 1. The summed E-state index contributed by atoms with van der Waals surface area (Å²) in [7, 11) is 0. The molecule has 0 bridgehead atoms. The van der Waals surface area contributed by atoms with E-state index in [2.05, 4.69) is 139 Å². The van der Waals surface area contributed by atoms with Gasteiger partial charge in [0.25, 0.3) is 0 Å². The van der Waals surface area contributed by atoms with Crippen LogP contribution in [-0.4, -0.2) is 15.0 Å². The van der Waals surface area contributed by atoms with Crippen molar-refractivity contribution in [3.05, 3.63) is 222 Å². The Morgan fingerprint density at radius 2 is 0.898 bits per heavy atom. The molecule has 0 radical (unpaired) electrons. The summed E-state index contributed by atoms with van der Waals surface area (Å²) in [4.78, 5) is 17.5. The number of hydrogen-bond acceptors (Lipinski definition) is 5. The maximum atomic E-state index is 5.01. The van der Waals surface area contributed by atoms with Crippen molar-refractivity contribution in [1.82, 2.24) is 15.0 Å². The van der Waals surface area contributed by atoms with E-state index in [4.69, 9.17) is 15.0 Å². The van der Waals surface area contributed by atoms with E-state index in [1.807, 2.05) is 83.8 Å². The van der Waals surface area contributed by atoms with E-state index in [1.54, 1.807) is 0 Å². The van der Waals surface area contributed by atoms with E-state index in [0.717, 1.165) is 27.8 Å². The summed E-state index contributed by atoms with van der Waals surface area (Å²) in [6.07, 6.45) is 0. The van der Waals surface area contributed by atoms with Gasteiger partial charge < -0.3 is 0 Å². The van der Waals surface area contributed by atoms with Gasteiger partial charge in [0.05, 0.1) is 5.41 Å². The topological polar surface area (TPSA) is 38.7 Å². The highest BCUT2D eigenvalue weighted by molar-refractivity contribution is 7.99. The number of hydrogen-bond donors (Lipinski definition) is 0. The van der Waals surface area contributed by atoms with Crippen LogP contribution in [0.15, 0.2) is 209 Å². The van der Waals surface area contributed by atoms with Crippen LogP contribution in [0.4, 0.5) is 0 Å². The zero-order valence-electron chi connectivity index (χ0n) is 31.7. The molecule has 1 unspecified atom stereocenters. The first kappa shape index (κ1) is 34.1. The number of fused-ring (bicyclic) bond motifs is 11. The van der Waals surface area contributed by atoms with Crippen LogP contribution in [0.1, 0.15) is 22.3 Å². The molecule has 3 heterocycles. The maximum Gasteiger partial charge on any atom is 0.164 e. The number of nitrogens with zero attached hydrogens (tertiary/aromatic N) is 3. The highest BCUT2D eigenvalue weighted by Crippen LogP contribution is 2.63. The Balaban J connectivity index is 0.988. The molecule has 3 nitrogen and oxygen atoms in total. The Morgan fingerprint density at radius 3 is 1.61 bits per heavy atom. The first-order valence-electron chi connectivity index (χ1n) is 19.8. The van der Waals surface area contributed by atoms with Crippen LogP contribution in [0.3, 0.4) is 0 Å². The van der Waals surface area contributed by atoms with Crippen molar-refractivity contribution in [3.8, 4) is 67.5 Å². The molecule has 0 saturated carbocycles. The zero-order chi connectivity index (χ0) is 38.9. The van der Waals surface area contributed by atoms with E-state index in [-0.39, 0.29) is 0 Å². The second kappa shape index (κ2) is 13.6. The molecule has 1 atom stereocenters. The lowest BCUT2D eigenvalue weighted by Crippen LogP contribution is -2.32. The molecule has 0 N–H and O–H groups in total. The molecule has 10 aromatic rings. The lowest BCUT2D eigenvalue weighted by molar-refractivity contribution is 0.723. The highest BCUT2D eigenvalue weighted by Gasteiger charge is 2.50. The average Bonchev–Trinajstić information content (AvgIpc) is 3.91. The van der Waals surface area contributed by atoms with Gasteiger partial charge in [-0.1, -0.05) is 169 Å². The molecular formula is C54H33N3S2. The van der Waals surface area contributed by atoms with Gasteiger partial charge in [-0.15, -0.1) is 11.3 Å². The van der Waals surface area contributed by atoms with Crippen LogP contribution in [-0.2, 0) is 5.41 Å². The minimum Gasteiger partial charge on any atom is -0.208 e. The Hall–Kier alpha value is -6.92. The number of benzene rings is 8. The second-order valence-electron chi connectivity index (χ2n) is 15.1. The van der Waals surface area contributed by atoms with E-state index in [1.165, 1.54) is 64.4 Å². The van der Waals surface area contributed by atoms with Crippen molar-refractivity contribution in [1.29, 1.82) is 0 Å². The maximum absolute atomic E-state index is 5.01. The Labute approximate surface area is 350 Å². The lowest BCUT2D eigenvalue weighted by atomic mass is 9.67. The third kappa shape index (κ3) is 5.39. The minimum absolute atomic E-state index is 0.440. The smallest absolute Gasteiger partial charge is 0.164 e. The van der Waals surface area contributed by atoms with Gasteiger partial charge in [-0.25, -0.2) is 15.0 Å². The molecule has 1 spiro atoms. The molecule has 0 amide bonds. The first-order valence-corrected chi connectivity index (χ1v) is 21.5. The van der Waals surface area contributed by atoms with Gasteiger partial charge in [0, 0.05) is 36.7 Å². The SMILES string of the molecule is c1ccc(-c2nc(-c3ccccc3)nc(-c3cccc(-c4cccc(-c5ccc6c(c5)C5(c7ccccc7S6)c6ccccc6-c6c5ccc5ccsc65)c4)c3)n2)cc1. The van der Waals surface area contributed by atoms with E-state index in [9.17, 15) is 0 Å². The Bertz CT molecular complexity index is 3210. The molecule has 0 fully saturated rings. The largest absolute Gasteiger partial charge is 0.208 e. The molecule has 1 aliphatic heterocycles. The van der Waals surface area contributed by atoms with Crippen molar-refractivity contribution >= 4 is 33.2 Å². The number of rotatable bonds is 5. The van der Waals surface area contributed by atoms with Crippen molar-refractivity contribution in [2.75, 3.05) is 0 Å².